The Balaban J connectivity index is 2.19. The molecule has 2 rings (SSSR count). The van der Waals surface area contributed by atoms with Gasteiger partial charge >= 0.3 is 0 Å². The molecular formula is C17H18F2N2O3S. The van der Waals surface area contributed by atoms with Crippen molar-refractivity contribution in [3.8, 4) is 0 Å². The largest absolute Gasteiger partial charge is 0.346 e. The zero-order valence-corrected chi connectivity index (χ0v) is 14.5. The van der Waals surface area contributed by atoms with Gasteiger partial charge in [0.2, 0.25) is 10.0 Å². The molecule has 0 saturated carbocycles. The van der Waals surface area contributed by atoms with Crippen LogP contribution in [0.25, 0.3) is 0 Å². The van der Waals surface area contributed by atoms with E-state index in [9.17, 15) is 22.0 Å². The van der Waals surface area contributed by atoms with Crippen LogP contribution in [0.15, 0.2) is 47.4 Å². The summed E-state index contributed by atoms with van der Waals surface area (Å²) in [7, 11) is -3.68. The first kappa shape index (κ1) is 19.0. The van der Waals surface area contributed by atoms with Gasteiger partial charge < -0.3 is 5.32 Å². The first-order valence-electron chi connectivity index (χ1n) is 7.60. The predicted molar refractivity (Wildman–Crippen MR) is 89.5 cm³/mol. The van der Waals surface area contributed by atoms with E-state index in [1.165, 1.54) is 30.3 Å². The van der Waals surface area contributed by atoms with Crippen molar-refractivity contribution in [2.24, 2.45) is 0 Å². The van der Waals surface area contributed by atoms with Gasteiger partial charge in [-0.05, 0) is 42.8 Å². The highest BCUT2D eigenvalue weighted by Crippen LogP contribution is 2.17. The number of halogens is 2. The number of benzene rings is 2. The third-order valence-electron chi connectivity index (χ3n) is 3.53. The molecule has 0 aliphatic rings. The molecule has 0 heterocycles. The smallest absolute Gasteiger partial charge is 0.251 e. The molecule has 0 radical (unpaired) electrons. The van der Waals surface area contributed by atoms with Crippen LogP contribution in [0, 0.1) is 11.6 Å². The zero-order chi connectivity index (χ0) is 18.6. The Labute approximate surface area is 145 Å². The van der Waals surface area contributed by atoms with Crippen LogP contribution in [-0.4, -0.2) is 20.9 Å². The third kappa shape index (κ3) is 4.61. The molecule has 25 heavy (non-hydrogen) atoms. The maximum absolute atomic E-state index is 13.3. The van der Waals surface area contributed by atoms with Crippen LogP contribution in [-0.2, 0) is 10.0 Å². The fraction of sp³-hybridized carbons (Fsp3) is 0.235. The summed E-state index contributed by atoms with van der Waals surface area (Å²) in [6.45, 7) is 3.49. The number of rotatable bonds is 6. The lowest BCUT2D eigenvalue weighted by atomic mass is 10.1. The highest BCUT2D eigenvalue weighted by molar-refractivity contribution is 7.89. The molecule has 0 aromatic heterocycles. The van der Waals surface area contributed by atoms with Crippen LogP contribution < -0.4 is 10.0 Å². The van der Waals surface area contributed by atoms with Gasteiger partial charge in [-0.25, -0.2) is 21.9 Å². The Kier molecular flexibility index (Phi) is 5.86. The summed E-state index contributed by atoms with van der Waals surface area (Å²) in [5, 5.41) is 2.63. The maximum Gasteiger partial charge on any atom is 0.251 e. The molecule has 5 nitrogen and oxygen atoms in total. The summed E-state index contributed by atoms with van der Waals surface area (Å²) in [6.07, 6.45) is 0. The average molecular weight is 368 g/mol. The zero-order valence-electron chi connectivity index (χ0n) is 13.7. The van der Waals surface area contributed by atoms with Gasteiger partial charge in [0.05, 0.1) is 10.9 Å². The Morgan fingerprint density at radius 1 is 1.12 bits per heavy atom. The van der Waals surface area contributed by atoms with Crippen LogP contribution in [0.4, 0.5) is 8.78 Å². The van der Waals surface area contributed by atoms with Gasteiger partial charge in [0, 0.05) is 12.1 Å². The molecule has 0 saturated heterocycles. The second-order valence-corrected chi connectivity index (χ2v) is 7.16. The second-order valence-electron chi connectivity index (χ2n) is 5.40. The van der Waals surface area contributed by atoms with Gasteiger partial charge in [0.1, 0.15) is 0 Å². The van der Waals surface area contributed by atoms with Gasteiger partial charge in [0.25, 0.3) is 5.91 Å². The van der Waals surface area contributed by atoms with Crippen molar-refractivity contribution in [2.75, 3.05) is 6.54 Å². The lowest BCUT2D eigenvalue weighted by Gasteiger charge is -2.15. The van der Waals surface area contributed by atoms with E-state index in [0.29, 0.717) is 5.56 Å². The summed E-state index contributed by atoms with van der Waals surface area (Å²) in [5.74, 6) is -2.49. The highest BCUT2D eigenvalue weighted by atomic mass is 32.2. The number of amides is 1. The number of nitrogens with one attached hydrogen (secondary N) is 2. The van der Waals surface area contributed by atoms with Crippen LogP contribution in [0.2, 0.25) is 0 Å². The third-order valence-corrected chi connectivity index (χ3v) is 5.08. The summed E-state index contributed by atoms with van der Waals surface area (Å²) in [6, 6.07) is 8.34. The SMILES string of the molecule is CCNS(=O)(=O)c1cccc(C(=O)NC(C)c2ccc(F)c(F)c2)c1. The van der Waals surface area contributed by atoms with Crippen molar-refractivity contribution >= 4 is 15.9 Å². The van der Waals surface area contributed by atoms with E-state index in [1.807, 2.05) is 0 Å². The monoisotopic (exact) mass is 368 g/mol. The molecule has 1 amide bonds. The first-order chi connectivity index (χ1) is 11.7. The van der Waals surface area contributed by atoms with Crippen molar-refractivity contribution < 1.29 is 22.0 Å². The molecule has 2 aromatic rings. The first-order valence-corrected chi connectivity index (χ1v) is 9.08. The van der Waals surface area contributed by atoms with Gasteiger partial charge in [-0.2, -0.15) is 0 Å². The lowest BCUT2D eigenvalue weighted by molar-refractivity contribution is 0.0939. The molecular weight excluding hydrogens is 350 g/mol. The van der Waals surface area contributed by atoms with Gasteiger partial charge in [-0.15, -0.1) is 0 Å². The van der Waals surface area contributed by atoms with Gasteiger partial charge in [0.15, 0.2) is 11.6 Å². The maximum atomic E-state index is 13.3. The van der Waals surface area contributed by atoms with Crippen molar-refractivity contribution in [1.82, 2.24) is 10.0 Å². The summed E-state index contributed by atoms with van der Waals surface area (Å²) >= 11 is 0. The van der Waals surface area contributed by atoms with E-state index >= 15 is 0 Å². The second kappa shape index (κ2) is 7.71. The summed E-state index contributed by atoms with van der Waals surface area (Å²) in [5.41, 5.74) is 0.539. The molecule has 0 bridgehead atoms. The number of hydrogen-bond donors (Lipinski definition) is 2. The molecule has 1 unspecified atom stereocenters. The number of carbonyl (C=O) groups is 1. The fourth-order valence-electron chi connectivity index (χ4n) is 2.22. The number of carbonyl (C=O) groups excluding carboxylic acids is 1. The van der Waals surface area contributed by atoms with Crippen LogP contribution in [0.5, 0.6) is 0 Å². The van der Waals surface area contributed by atoms with E-state index in [1.54, 1.807) is 13.8 Å². The van der Waals surface area contributed by atoms with E-state index in [2.05, 4.69) is 10.0 Å². The van der Waals surface area contributed by atoms with Crippen LogP contribution >= 0.6 is 0 Å². The molecule has 8 heteroatoms. The number of sulfonamides is 1. The van der Waals surface area contributed by atoms with Crippen molar-refractivity contribution in [3.63, 3.8) is 0 Å². The van der Waals surface area contributed by atoms with Crippen molar-refractivity contribution in [1.29, 1.82) is 0 Å². The summed E-state index contributed by atoms with van der Waals surface area (Å²) < 4.78 is 52.6. The van der Waals surface area contributed by atoms with Crippen molar-refractivity contribution in [2.45, 2.75) is 24.8 Å². The van der Waals surface area contributed by atoms with Gasteiger partial charge in [-0.1, -0.05) is 19.1 Å². The molecule has 0 aliphatic heterocycles. The minimum absolute atomic E-state index is 0.0255. The Morgan fingerprint density at radius 2 is 1.84 bits per heavy atom. The van der Waals surface area contributed by atoms with E-state index in [0.717, 1.165) is 12.1 Å². The van der Waals surface area contributed by atoms with E-state index < -0.39 is 33.6 Å². The Bertz CT molecular complexity index is 885. The lowest BCUT2D eigenvalue weighted by Crippen LogP contribution is -2.27. The molecule has 2 N–H and O–H groups in total. The molecule has 0 aliphatic carbocycles. The van der Waals surface area contributed by atoms with Crippen molar-refractivity contribution in [3.05, 3.63) is 65.2 Å². The van der Waals surface area contributed by atoms with Gasteiger partial charge in [-0.3, -0.25) is 4.79 Å². The highest BCUT2D eigenvalue weighted by Gasteiger charge is 2.17. The molecule has 0 fully saturated rings. The molecule has 0 spiro atoms. The normalized spacial score (nSPS) is 12.6. The standard InChI is InChI=1S/C17H18F2N2O3S/c1-3-20-25(23,24)14-6-4-5-13(9-14)17(22)21-11(2)12-7-8-15(18)16(19)10-12/h4-11,20H,3H2,1-2H3,(H,21,22). The fourth-order valence-corrected chi connectivity index (χ4v) is 3.31. The molecule has 1 atom stereocenters. The van der Waals surface area contributed by atoms with Crippen LogP contribution in [0.3, 0.4) is 0 Å². The minimum atomic E-state index is -3.68. The van der Waals surface area contributed by atoms with Crippen LogP contribution in [0.1, 0.15) is 35.8 Å². The minimum Gasteiger partial charge on any atom is -0.346 e. The Morgan fingerprint density at radius 3 is 2.48 bits per heavy atom. The number of hydrogen-bond acceptors (Lipinski definition) is 3. The molecule has 2 aromatic carbocycles. The van der Waals surface area contributed by atoms with E-state index in [-0.39, 0.29) is 17.0 Å². The quantitative estimate of drug-likeness (QED) is 0.823. The topological polar surface area (TPSA) is 75.3 Å². The predicted octanol–water partition coefficient (Wildman–Crippen LogP) is 2.75. The molecule has 134 valence electrons. The summed E-state index contributed by atoms with van der Waals surface area (Å²) in [4.78, 5) is 12.3. The van der Waals surface area contributed by atoms with E-state index in [4.69, 9.17) is 0 Å². The average Bonchev–Trinajstić information content (AvgIpc) is 2.57. The Hall–Kier alpha value is -2.32.